The van der Waals surface area contributed by atoms with Crippen LogP contribution in [0.25, 0.3) is 11.2 Å². The standard InChI is InChI=1S/C20H23N7O/c28-16-2-6-20(12-27(16)10-15-3-7-21-8-4-15)5-1-9-26(11-20)19-17-18(23-13-22-17)24-14-25-19/h3-4,7-8,13-14H,1-2,5-6,9-12H2,(H,22,23,24,25). The second-order valence-electron chi connectivity index (χ2n) is 7.93. The molecule has 1 spiro atoms. The van der Waals surface area contributed by atoms with Crippen molar-refractivity contribution in [3.8, 4) is 0 Å². The van der Waals surface area contributed by atoms with Crippen LogP contribution in [0.1, 0.15) is 31.2 Å². The number of hydrogen-bond acceptors (Lipinski definition) is 6. The number of nitrogens with zero attached hydrogens (tertiary/aromatic N) is 6. The number of fused-ring (bicyclic) bond motifs is 1. The number of amides is 1. The van der Waals surface area contributed by atoms with Gasteiger partial charge < -0.3 is 14.8 Å². The number of carbonyl (C=O) groups excluding carboxylic acids is 1. The second-order valence-corrected chi connectivity index (χ2v) is 7.93. The van der Waals surface area contributed by atoms with Gasteiger partial charge in [-0.2, -0.15) is 0 Å². The number of nitrogens with one attached hydrogen (secondary N) is 1. The monoisotopic (exact) mass is 377 g/mol. The lowest BCUT2D eigenvalue weighted by Crippen LogP contribution is -2.54. The lowest BCUT2D eigenvalue weighted by molar-refractivity contribution is -0.138. The molecule has 28 heavy (non-hydrogen) atoms. The van der Waals surface area contributed by atoms with E-state index >= 15 is 0 Å². The van der Waals surface area contributed by atoms with E-state index in [4.69, 9.17) is 0 Å². The molecular formula is C20H23N7O. The van der Waals surface area contributed by atoms with Crippen molar-refractivity contribution in [2.75, 3.05) is 24.5 Å². The summed E-state index contributed by atoms with van der Waals surface area (Å²) in [6.07, 6.45) is 10.6. The third-order valence-electron chi connectivity index (χ3n) is 6.03. The number of rotatable bonds is 3. The van der Waals surface area contributed by atoms with Crippen LogP contribution in [-0.2, 0) is 11.3 Å². The number of carbonyl (C=O) groups is 1. The van der Waals surface area contributed by atoms with Crippen LogP contribution in [0, 0.1) is 5.41 Å². The summed E-state index contributed by atoms with van der Waals surface area (Å²) in [4.78, 5) is 37.2. The quantitative estimate of drug-likeness (QED) is 0.752. The van der Waals surface area contributed by atoms with E-state index in [9.17, 15) is 4.79 Å². The van der Waals surface area contributed by atoms with Crippen LogP contribution in [0.5, 0.6) is 0 Å². The van der Waals surface area contributed by atoms with Gasteiger partial charge in [0.05, 0.1) is 6.33 Å². The summed E-state index contributed by atoms with van der Waals surface area (Å²) < 4.78 is 0. The summed E-state index contributed by atoms with van der Waals surface area (Å²) >= 11 is 0. The van der Waals surface area contributed by atoms with E-state index in [-0.39, 0.29) is 11.3 Å². The maximum absolute atomic E-state index is 12.6. The van der Waals surface area contributed by atoms with E-state index in [0.29, 0.717) is 18.6 Å². The lowest BCUT2D eigenvalue weighted by Gasteiger charge is -2.48. The van der Waals surface area contributed by atoms with Gasteiger partial charge in [0, 0.05) is 50.4 Å². The lowest BCUT2D eigenvalue weighted by atomic mass is 9.73. The fraction of sp³-hybridized carbons (Fsp3) is 0.450. The second kappa shape index (κ2) is 6.85. The van der Waals surface area contributed by atoms with Gasteiger partial charge in [-0.1, -0.05) is 0 Å². The molecule has 1 amide bonds. The number of aromatic nitrogens is 5. The Morgan fingerprint density at radius 2 is 2.00 bits per heavy atom. The Balaban J connectivity index is 1.38. The largest absolute Gasteiger partial charge is 0.354 e. The molecule has 2 fully saturated rings. The molecule has 0 aliphatic carbocycles. The fourth-order valence-electron chi connectivity index (χ4n) is 4.67. The number of aromatic amines is 1. The summed E-state index contributed by atoms with van der Waals surface area (Å²) in [6, 6.07) is 3.97. The SMILES string of the molecule is O=C1CCC2(CCCN(c3ncnc4nc[nH]c34)C2)CN1Cc1ccncc1. The van der Waals surface area contributed by atoms with Gasteiger partial charge in [-0.25, -0.2) is 15.0 Å². The maximum Gasteiger partial charge on any atom is 0.222 e. The van der Waals surface area contributed by atoms with E-state index in [1.54, 1.807) is 25.0 Å². The van der Waals surface area contributed by atoms with Gasteiger partial charge in [0.15, 0.2) is 11.5 Å². The van der Waals surface area contributed by atoms with Crippen LogP contribution >= 0.6 is 0 Å². The van der Waals surface area contributed by atoms with E-state index in [0.717, 1.165) is 55.8 Å². The Labute approximate surface area is 163 Å². The highest BCUT2D eigenvalue weighted by Gasteiger charge is 2.42. The molecule has 0 radical (unpaired) electrons. The maximum atomic E-state index is 12.6. The first-order valence-electron chi connectivity index (χ1n) is 9.78. The van der Waals surface area contributed by atoms with Crippen molar-refractivity contribution in [3.05, 3.63) is 42.7 Å². The van der Waals surface area contributed by atoms with Crippen LogP contribution in [0.4, 0.5) is 5.82 Å². The molecule has 8 nitrogen and oxygen atoms in total. The molecule has 0 saturated carbocycles. The Morgan fingerprint density at radius 3 is 2.89 bits per heavy atom. The topological polar surface area (TPSA) is 90.9 Å². The van der Waals surface area contributed by atoms with E-state index in [2.05, 4.69) is 29.8 Å². The molecule has 2 aliphatic heterocycles. The highest BCUT2D eigenvalue weighted by molar-refractivity contribution is 5.83. The zero-order valence-electron chi connectivity index (χ0n) is 15.7. The van der Waals surface area contributed by atoms with Gasteiger partial charge in [-0.15, -0.1) is 0 Å². The van der Waals surface area contributed by atoms with Crippen molar-refractivity contribution in [1.82, 2.24) is 29.8 Å². The summed E-state index contributed by atoms with van der Waals surface area (Å²) in [5.74, 6) is 1.16. The fourth-order valence-corrected chi connectivity index (χ4v) is 4.67. The van der Waals surface area contributed by atoms with Crippen LogP contribution in [0.2, 0.25) is 0 Å². The Hall–Kier alpha value is -3.03. The molecule has 8 heteroatoms. The normalized spacial score (nSPS) is 22.9. The number of H-pyrrole nitrogens is 1. The molecule has 5 rings (SSSR count). The average molecular weight is 377 g/mol. The molecule has 0 bridgehead atoms. The van der Waals surface area contributed by atoms with Crippen molar-refractivity contribution in [2.24, 2.45) is 5.41 Å². The number of pyridine rings is 1. The first-order valence-corrected chi connectivity index (χ1v) is 9.78. The van der Waals surface area contributed by atoms with Crippen molar-refractivity contribution in [1.29, 1.82) is 0 Å². The molecular weight excluding hydrogens is 354 g/mol. The summed E-state index contributed by atoms with van der Waals surface area (Å²) in [7, 11) is 0. The molecule has 3 aromatic heterocycles. The molecule has 144 valence electrons. The Bertz CT molecular complexity index is 988. The number of piperidine rings is 2. The first-order chi connectivity index (χ1) is 13.7. The van der Waals surface area contributed by atoms with Gasteiger partial charge >= 0.3 is 0 Å². The van der Waals surface area contributed by atoms with Gasteiger partial charge in [-0.3, -0.25) is 9.78 Å². The molecule has 2 aliphatic rings. The predicted molar refractivity (Wildman–Crippen MR) is 104 cm³/mol. The number of likely N-dealkylation sites (tertiary alicyclic amines) is 1. The van der Waals surface area contributed by atoms with Crippen LogP contribution in [0.3, 0.4) is 0 Å². The summed E-state index contributed by atoms with van der Waals surface area (Å²) in [5, 5.41) is 0. The smallest absolute Gasteiger partial charge is 0.222 e. The molecule has 5 heterocycles. The minimum absolute atomic E-state index is 0.108. The van der Waals surface area contributed by atoms with Crippen molar-refractivity contribution in [2.45, 2.75) is 32.2 Å². The van der Waals surface area contributed by atoms with Crippen LogP contribution in [-0.4, -0.2) is 55.4 Å². The number of anilines is 1. The van der Waals surface area contributed by atoms with Gasteiger partial charge in [0.1, 0.15) is 11.8 Å². The molecule has 1 N–H and O–H groups in total. The van der Waals surface area contributed by atoms with Gasteiger partial charge in [0.25, 0.3) is 0 Å². The highest BCUT2D eigenvalue weighted by Crippen LogP contribution is 2.40. The minimum atomic E-state index is 0.108. The van der Waals surface area contributed by atoms with Crippen molar-refractivity contribution >= 4 is 22.9 Å². The number of hydrogen-bond donors (Lipinski definition) is 1. The van der Waals surface area contributed by atoms with E-state index < -0.39 is 0 Å². The molecule has 0 aromatic carbocycles. The van der Waals surface area contributed by atoms with Crippen molar-refractivity contribution in [3.63, 3.8) is 0 Å². The summed E-state index contributed by atoms with van der Waals surface area (Å²) in [6.45, 7) is 3.31. The molecule has 1 atom stereocenters. The summed E-state index contributed by atoms with van der Waals surface area (Å²) in [5.41, 5.74) is 2.82. The van der Waals surface area contributed by atoms with Crippen molar-refractivity contribution < 1.29 is 4.79 Å². The van der Waals surface area contributed by atoms with E-state index in [1.807, 2.05) is 17.0 Å². The third kappa shape index (κ3) is 3.08. The predicted octanol–water partition coefficient (Wildman–Crippen LogP) is 2.16. The third-order valence-corrected chi connectivity index (χ3v) is 6.03. The first kappa shape index (κ1) is 17.1. The minimum Gasteiger partial charge on any atom is -0.354 e. The molecule has 1 unspecified atom stereocenters. The number of imidazole rings is 1. The zero-order chi connectivity index (χ0) is 19.0. The Morgan fingerprint density at radius 1 is 1.11 bits per heavy atom. The highest BCUT2D eigenvalue weighted by atomic mass is 16.2. The average Bonchev–Trinajstić information content (AvgIpc) is 3.21. The van der Waals surface area contributed by atoms with E-state index in [1.165, 1.54) is 0 Å². The van der Waals surface area contributed by atoms with Gasteiger partial charge in [-0.05, 0) is 37.0 Å². The zero-order valence-corrected chi connectivity index (χ0v) is 15.7. The Kier molecular flexibility index (Phi) is 4.18. The van der Waals surface area contributed by atoms with Crippen LogP contribution in [0.15, 0.2) is 37.2 Å². The molecule has 2 saturated heterocycles. The van der Waals surface area contributed by atoms with Crippen LogP contribution < -0.4 is 4.90 Å². The molecule has 3 aromatic rings. The van der Waals surface area contributed by atoms with Gasteiger partial charge in [0.2, 0.25) is 5.91 Å².